The predicted octanol–water partition coefficient (Wildman–Crippen LogP) is 2.74. The maximum Gasteiger partial charge on any atom is 0.256 e. The summed E-state index contributed by atoms with van der Waals surface area (Å²) in [6.45, 7) is 1.82. The summed E-state index contributed by atoms with van der Waals surface area (Å²) in [6, 6.07) is 6.17. The maximum atomic E-state index is 14.0. The van der Waals surface area contributed by atoms with Crippen LogP contribution in [0.5, 0.6) is 0 Å². The van der Waals surface area contributed by atoms with Gasteiger partial charge in [0.25, 0.3) is 5.91 Å². The molecule has 2 atom stereocenters. The Balaban J connectivity index is 1.50. The van der Waals surface area contributed by atoms with Crippen molar-refractivity contribution in [2.75, 3.05) is 19.7 Å². The normalized spacial score (nSPS) is 26.3. The number of hydrogen-bond acceptors (Lipinski definition) is 3. The minimum absolute atomic E-state index is 0.140. The molecule has 2 fully saturated rings. The monoisotopic (exact) mass is 343 g/mol. The Morgan fingerprint density at radius 2 is 2.24 bits per heavy atom. The highest BCUT2D eigenvalue weighted by molar-refractivity contribution is 5.94. The largest absolute Gasteiger partial charge is 0.372 e. The van der Waals surface area contributed by atoms with Crippen LogP contribution in [-0.2, 0) is 11.8 Å². The first-order chi connectivity index (χ1) is 12.1. The average Bonchev–Trinajstić information content (AvgIpc) is 3.22. The summed E-state index contributed by atoms with van der Waals surface area (Å²) in [5, 5.41) is 4.24. The molecule has 0 unspecified atom stereocenters. The third-order valence-corrected chi connectivity index (χ3v) is 5.34. The number of likely N-dealkylation sites (tertiary alicyclic amines) is 1. The third-order valence-electron chi connectivity index (χ3n) is 5.34. The van der Waals surface area contributed by atoms with Crippen LogP contribution in [0.2, 0.25) is 0 Å². The Kier molecular flexibility index (Phi) is 4.07. The van der Waals surface area contributed by atoms with Crippen LogP contribution >= 0.6 is 0 Å². The van der Waals surface area contributed by atoms with Gasteiger partial charge in [-0.2, -0.15) is 5.10 Å². The van der Waals surface area contributed by atoms with Crippen molar-refractivity contribution < 1.29 is 13.9 Å². The van der Waals surface area contributed by atoms with Gasteiger partial charge in [-0.05, 0) is 37.0 Å². The topological polar surface area (TPSA) is 47.4 Å². The number of piperidine rings is 1. The Labute approximate surface area is 146 Å². The minimum atomic E-state index is -0.465. The molecule has 1 amide bonds. The Morgan fingerprint density at radius 1 is 1.40 bits per heavy atom. The molecule has 2 aromatic rings. The van der Waals surface area contributed by atoms with Crippen molar-refractivity contribution in [3.8, 4) is 0 Å². The number of nitrogens with zero attached hydrogens (tertiary/aromatic N) is 3. The summed E-state index contributed by atoms with van der Waals surface area (Å²) in [4.78, 5) is 14.5. The van der Waals surface area contributed by atoms with Gasteiger partial charge in [-0.3, -0.25) is 9.48 Å². The fraction of sp³-hybridized carbons (Fsp3) is 0.474. The summed E-state index contributed by atoms with van der Waals surface area (Å²) in [5.74, 6) is -0.407. The number of rotatable bonds is 2. The molecular weight excluding hydrogens is 321 g/mol. The maximum absolute atomic E-state index is 14.0. The number of halogens is 1. The first-order valence-electron chi connectivity index (χ1n) is 8.73. The summed E-state index contributed by atoms with van der Waals surface area (Å²) in [5.41, 5.74) is 0.998. The third kappa shape index (κ3) is 3.06. The molecule has 2 aliphatic rings. The Morgan fingerprint density at radius 3 is 3.00 bits per heavy atom. The van der Waals surface area contributed by atoms with E-state index in [2.05, 4.69) is 5.10 Å². The van der Waals surface area contributed by atoms with E-state index in [4.69, 9.17) is 4.74 Å². The van der Waals surface area contributed by atoms with Crippen LogP contribution in [0.25, 0.3) is 0 Å². The van der Waals surface area contributed by atoms with Crippen LogP contribution in [0.15, 0.2) is 36.7 Å². The molecule has 25 heavy (non-hydrogen) atoms. The highest BCUT2D eigenvalue weighted by Crippen LogP contribution is 2.41. The number of hydrogen-bond donors (Lipinski definition) is 0. The number of ether oxygens (including phenoxy) is 1. The number of benzene rings is 1. The van der Waals surface area contributed by atoms with Gasteiger partial charge < -0.3 is 9.64 Å². The lowest BCUT2D eigenvalue weighted by Gasteiger charge is -2.39. The summed E-state index contributed by atoms with van der Waals surface area (Å²) >= 11 is 0. The van der Waals surface area contributed by atoms with Gasteiger partial charge in [0.15, 0.2) is 0 Å². The second-order valence-electron chi connectivity index (χ2n) is 7.15. The summed E-state index contributed by atoms with van der Waals surface area (Å²) in [7, 11) is 1.91. The van der Waals surface area contributed by atoms with E-state index in [0.29, 0.717) is 25.6 Å². The Hall–Kier alpha value is -2.21. The van der Waals surface area contributed by atoms with Crippen LogP contribution < -0.4 is 0 Å². The van der Waals surface area contributed by atoms with Crippen molar-refractivity contribution in [3.63, 3.8) is 0 Å². The lowest BCUT2D eigenvalue weighted by atomic mass is 9.84. The van der Waals surface area contributed by atoms with Crippen molar-refractivity contribution in [2.45, 2.75) is 30.8 Å². The number of aryl methyl sites for hydroxylation is 1. The lowest BCUT2D eigenvalue weighted by Crippen LogP contribution is -2.50. The van der Waals surface area contributed by atoms with Crippen LogP contribution in [0.1, 0.15) is 41.1 Å². The Bertz CT molecular complexity index is 790. The highest BCUT2D eigenvalue weighted by atomic mass is 19.1. The molecule has 1 spiro atoms. The van der Waals surface area contributed by atoms with Gasteiger partial charge in [0.05, 0.1) is 24.0 Å². The van der Waals surface area contributed by atoms with Gasteiger partial charge in [-0.1, -0.05) is 12.1 Å². The molecular formula is C19H22FN3O2. The van der Waals surface area contributed by atoms with Crippen molar-refractivity contribution in [3.05, 3.63) is 53.6 Å². The zero-order valence-corrected chi connectivity index (χ0v) is 14.3. The zero-order chi connectivity index (χ0) is 17.4. The van der Waals surface area contributed by atoms with Gasteiger partial charge >= 0.3 is 0 Å². The number of amides is 1. The molecule has 5 nitrogen and oxygen atoms in total. The molecule has 1 aromatic carbocycles. The van der Waals surface area contributed by atoms with Gasteiger partial charge in [0.1, 0.15) is 5.82 Å². The number of carbonyl (C=O) groups is 1. The summed E-state index contributed by atoms with van der Waals surface area (Å²) in [6.07, 6.45) is 6.60. The second-order valence-corrected chi connectivity index (χ2v) is 7.15. The minimum Gasteiger partial charge on any atom is -0.372 e. The second kappa shape index (κ2) is 6.26. The molecule has 2 aliphatic heterocycles. The van der Waals surface area contributed by atoms with Gasteiger partial charge in [0.2, 0.25) is 0 Å². The van der Waals surface area contributed by atoms with E-state index >= 15 is 0 Å². The van der Waals surface area contributed by atoms with E-state index in [1.807, 2.05) is 19.4 Å². The first kappa shape index (κ1) is 16.3. The molecule has 132 valence electrons. The van der Waals surface area contributed by atoms with E-state index in [1.165, 1.54) is 11.6 Å². The summed E-state index contributed by atoms with van der Waals surface area (Å²) < 4.78 is 21.9. The molecule has 0 aliphatic carbocycles. The smallest absolute Gasteiger partial charge is 0.256 e. The van der Waals surface area contributed by atoms with Gasteiger partial charge in [0, 0.05) is 32.3 Å². The SMILES string of the molecule is Cn1cc([C@@H]2CO[C@]3(CCCN(C(=O)c4ccccc4F)C3)C2)cn1. The average molecular weight is 343 g/mol. The van der Waals surface area contributed by atoms with Gasteiger partial charge in [-0.25, -0.2) is 4.39 Å². The fourth-order valence-corrected chi connectivity index (χ4v) is 4.07. The van der Waals surface area contributed by atoms with E-state index in [9.17, 15) is 9.18 Å². The van der Waals surface area contributed by atoms with E-state index < -0.39 is 5.82 Å². The van der Waals surface area contributed by atoms with Crippen LogP contribution in [-0.4, -0.2) is 45.9 Å². The molecule has 6 heteroatoms. The van der Waals surface area contributed by atoms with E-state index in [0.717, 1.165) is 19.3 Å². The molecule has 4 rings (SSSR count). The standard InChI is InChI=1S/C19H22FN3O2/c1-22-11-15(10-21-22)14-9-19(25-12-14)7-4-8-23(13-19)18(24)16-5-2-3-6-17(16)20/h2-3,5-6,10-11,14H,4,7-9,12-13H2,1H3/t14-,19+/m0/s1. The van der Waals surface area contributed by atoms with Crippen LogP contribution in [0.3, 0.4) is 0 Å². The van der Waals surface area contributed by atoms with Gasteiger partial charge in [-0.15, -0.1) is 0 Å². The predicted molar refractivity (Wildman–Crippen MR) is 90.8 cm³/mol. The molecule has 0 N–H and O–H groups in total. The highest BCUT2D eigenvalue weighted by Gasteiger charge is 2.45. The number of aromatic nitrogens is 2. The molecule has 0 radical (unpaired) electrons. The molecule has 0 bridgehead atoms. The van der Waals surface area contributed by atoms with Crippen molar-refractivity contribution in [1.29, 1.82) is 0 Å². The molecule has 1 aromatic heterocycles. The number of carbonyl (C=O) groups excluding carboxylic acids is 1. The van der Waals surface area contributed by atoms with Crippen molar-refractivity contribution >= 4 is 5.91 Å². The van der Waals surface area contributed by atoms with Crippen LogP contribution in [0, 0.1) is 5.82 Å². The lowest BCUT2D eigenvalue weighted by molar-refractivity contribution is -0.0448. The van der Waals surface area contributed by atoms with Crippen molar-refractivity contribution in [1.82, 2.24) is 14.7 Å². The van der Waals surface area contributed by atoms with E-state index in [1.54, 1.807) is 27.8 Å². The molecule has 3 heterocycles. The molecule has 0 saturated carbocycles. The van der Waals surface area contributed by atoms with Crippen molar-refractivity contribution in [2.24, 2.45) is 7.05 Å². The quantitative estimate of drug-likeness (QED) is 0.842. The van der Waals surface area contributed by atoms with Crippen LogP contribution in [0.4, 0.5) is 4.39 Å². The fourth-order valence-electron chi connectivity index (χ4n) is 4.07. The zero-order valence-electron chi connectivity index (χ0n) is 14.3. The first-order valence-corrected chi connectivity index (χ1v) is 8.73. The molecule has 2 saturated heterocycles. The van der Waals surface area contributed by atoms with E-state index in [-0.39, 0.29) is 17.1 Å².